The standard InChI is InChI=1S/C23H23F3N4O2/c1-4-13-32-29-15(2)16-9-11-17(12-10-16)18-7-5-6-8-20(18)27-22(31)19-14-30(3)28-21(19)23(24,25)26/h5-12,14H,4,13H2,1-3H3,(H,27,31)/b29-15-. The molecule has 0 aliphatic carbocycles. The predicted molar refractivity (Wildman–Crippen MR) is 116 cm³/mol. The van der Waals surface area contributed by atoms with Crippen LogP contribution in [0.4, 0.5) is 18.9 Å². The number of amides is 1. The summed E-state index contributed by atoms with van der Waals surface area (Å²) in [5.74, 6) is -0.884. The van der Waals surface area contributed by atoms with Crippen LogP contribution in [0, 0.1) is 0 Å². The van der Waals surface area contributed by atoms with E-state index in [1.54, 1.807) is 24.3 Å². The van der Waals surface area contributed by atoms with Crippen molar-refractivity contribution in [1.82, 2.24) is 9.78 Å². The van der Waals surface area contributed by atoms with Crippen LogP contribution >= 0.6 is 0 Å². The second kappa shape index (κ2) is 9.67. The molecule has 0 aliphatic heterocycles. The van der Waals surface area contributed by atoms with Gasteiger partial charge in [-0.2, -0.15) is 18.3 Å². The zero-order valence-electron chi connectivity index (χ0n) is 17.9. The first kappa shape index (κ1) is 23.1. The van der Waals surface area contributed by atoms with Crippen molar-refractivity contribution in [2.24, 2.45) is 12.2 Å². The first-order chi connectivity index (χ1) is 15.2. The summed E-state index contributed by atoms with van der Waals surface area (Å²) in [6.07, 6.45) is -2.82. The third-order valence-electron chi connectivity index (χ3n) is 4.63. The Morgan fingerprint density at radius 3 is 2.50 bits per heavy atom. The van der Waals surface area contributed by atoms with Gasteiger partial charge in [0.25, 0.3) is 5.91 Å². The third kappa shape index (κ3) is 5.35. The number of nitrogens with zero attached hydrogens (tertiary/aromatic N) is 3. The van der Waals surface area contributed by atoms with E-state index in [-0.39, 0.29) is 0 Å². The number of aromatic nitrogens is 2. The minimum atomic E-state index is -4.73. The lowest BCUT2D eigenvalue weighted by Gasteiger charge is -2.12. The Morgan fingerprint density at radius 1 is 1.16 bits per heavy atom. The summed E-state index contributed by atoms with van der Waals surface area (Å²) < 4.78 is 40.7. The zero-order chi connectivity index (χ0) is 23.3. The van der Waals surface area contributed by atoms with Crippen LogP contribution in [0.3, 0.4) is 0 Å². The van der Waals surface area contributed by atoms with Gasteiger partial charge in [0, 0.05) is 24.5 Å². The maximum Gasteiger partial charge on any atom is 0.435 e. The maximum absolute atomic E-state index is 13.2. The molecular weight excluding hydrogens is 421 g/mol. The molecule has 1 aromatic heterocycles. The number of alkyl halides is 3. The van der Waals surface area contributed by atoms with Crippen molar-refractivity contribution in [3.8, 4) is 11.1 Å². The Balaban J connectivity index is 1.86. The van der Waals surface area contributed by atoms with Crippen LogP contribution < -0.4 is 5.32 Å². The molecule has 3 rings (SSSR count). The summed E-state index contributed by atoms with van der Waals surface area (Å²) >= 11 is 0. The van der Waals surface area contributed by atoms with E-state index in [1.165, 1.54) is 7.05 Å². The fourth-order valence-electron chi connectivity index (χ4n) is 3.07. The average Bonchev–Trinajstić information content (AvgIpc) is 3.17. The Bertz CT molecular complexity index is 1120. The molecule has 6 nitrogen and oxygen atoms in total. The highest BCUT2D eigenvalue weighted by atomic mass is 19.4. The Morgan fingerprint density at radius 2 is 1.84 bits per heavy atom. The minimum Gasteiger partial charge on any atom is -0.396 e. The quantitative estimate of drug-likeness (QED) is 0.297. The van der Waals surface area contributed by atoms with E-state index in [2.05, 4.69) is 15.6 Å². The largest absolute Gasteiger partial charge is 0.435 e. The molecule has 2 aromatic carbocycles. The molecule has 0 spiro atoms. The van der Waals surface area contributed by atoms with Gasteiger partial charge >= 0.3 is 6.18 Å². The molecule has 1 heterocycles. The van der Waals surface area contributed by atoms with Crippen LogP contribution in [0.15, 0.2) is 59.9 Å². The van der Waals surface area contributed by atoms with Crippen molar-refractivity contribution >= 4 is 17.3 Å². The van der Waals surface area contributed by atoms with E-state index >= 15 is 0 Å². The van der Waals surface area contributed by atoms with E-state index in [4.69, 9.17) is 4.84 Å². The monoisotopic (exact) mass is 444 g/mol. The lowest BCUT2D eigenvalue weighted by atomic mass is 10.0. The molecule has 1 N–H and O–H groups in total. The molecule has 0 saturated heterocycles. The summed E-state index contributed by atoms with van der Waals surface area (Å²) in [6, 6.07) is 14.3. The lowest BCUT2D eigenvalue weighted by molar-refractivity contribution is -0.141. The van der Waals surface area contributed by atoms with Gasteiger partial charge in [0.1, 0.15) is 6.61 Å². The smallest absolute Gasteiger partial charge is 0.396 e. The van der Waals surface area contributed by atoms with E-state index < -0.39 is 23.3 Å². The fraction of sp³-hybridized carbons (Fsp3) is 0.261. The summed E-state index contributed by atoms with van der Waals surface area (Å²) in [5.41, 5.74) is 1.68. The van der Waals surface area contributed by atoms with Crippen LogP contribution in [0.25, 0.3) is 11.1 Å². The van der Waals surface area contributed by atoms with Gasteiger partial charge in [-0.3, -0.25) is 9.48 Å². The van der Waals surface area contributed by atoms with Crippen molar-refractivity contribution in [2.75, 3.05) is 11.9 Å². The van der Waals surface area contributed by atoms with Gasteiger partial charge in [-0.1, -0.05) is 54.5 Å². The molecule has 0 radical (unpaired) electrons. The van der Waals surface area contributed by atoms with Crippen molar-refractivity contribution in [2.45, 2.75) is 26.4 Å². The summed E-state index contributed by atoms with van der Waals surface area (Å²) in [7, 11) is 1.33. The number of nitrogens with one attached hydrogen (secondary N) is 1. The number of aryl methyl sites for hydroxylation is 1. The Labute approximate surface area is 183 Å². The van der Waals surface area contributed by atoms with Crippen LogP contribution in [0.5, 0.6) is 0 Å². The lowest BCUT2D eigenvalue weighted by Crippen LogP contribution is -2.18. The second-order valence-electron chi connectivity index (χ2n) is 7.15. The Hall–Kier alpha value is -3.62. The molecule has 3 aromatic rings. The highest BCUT2D eigenvalue weighted by molar-refractivity contribution is 6.07. The number of hydrogen-bond acceptors (Lipinski definition) is 4. The number of carbonyl (C=O) groups is 1. The highest BCUT2D eigenvalue weighted by Crippen LogP contribution is 2.32. The molecule has 0 atom stereocenters. The molecular formula is C23H23F3N4O2. The van der Waals surface area contributed by atoms with Gasteiger partial charge in [-0.25, -0.2) is 0 Å². The van der Waals surface area contributed by atoms with Gasteiger partial charge in [0.2, 0.25) is 0 Å². The molecule has 0 fully saturated rings. The average molecular weight is 444 g/mol. The number of hydrogen-bond donors (Lipinski definition) is 1. The molecule has 32 heavy (non-hydrogen) atoms. The number of oxime groups is 1. The van der Waals surface area contributed by atoms with Gasteiger partial charge in [-0.15, -0.1) is 0 Å². The number of para-hydroxylation sites is 1. The number of anilines is 1. The fourth-order valence-corrected chi connectivity index (χ4v) is 3.07. The van der Waals surface area contributed by atoms with Gasteiger partial charge in [0.05, 0.1) is 11.3 Å². The van der Waals surface area contributed by atoms with Crippen LogP contribution in [-0.4, -0.2) is 28.0 Å². The van der Waals surface area contributed by atoms with Crippen molar-refractivity contribution in [3.63, 3.8) is 0 Å². The molecule has 0 bridgehead atoms. The van der Waals surface area contributed by atoms with Gasteiger partial charge in [0.15, 0.2) is 5.69 Å². The van der Waals surface area contributed by atoms with Crippen LogP contribution in [-0.2, 0) is 18.1 Å². The Kier molecular flexibility index (Phi) is 6.97. The highest BCUT2D eigenvalue weighted by Gasteiger charge is 2.39. The van der Waals surface area contributed by atoms with Crippen LogP contribution in [0.2, 0.25) is 0 Å². The van der Waals surface area contributed by atoms with Crippen LogP contribution in [0.1, 0.15) is 41.9 Å². The molecule has 0 unspecified atom stereocenters. The van der Waals surface area contributed by atoms with E-state index in [9.17, 15) is 18.0 Å². The predicted octanol–water partition coefficient (Wildman–Crippen LogP) is 5.51. The summed E-state index contributed by atoms with van der Waals surface area (Å²) in [4.78, 5) is 17.9. The molecule has 0 saturated carbocycles. The first-order valence-electron chi connectivity index (χ1n) is 9.99. The van der Waals surface area contributed by atoms with Gasteiger partial charge in [-0.05, 0) is 30.5 Å². The number of benzene rings is 2. The SMILES string of the molecule is CCCO/N=C(/C)c1ccc(-c2ccccc2NC(=O)c2cn(C)nc2C(F)(F)F)cc1. The molecule has 9 heteroatoms. The molecule has 1 amide bonds. The topological polar surface area (TPSA) is 68.5 Å². The summed E-state index contributed by atoms with van der Waals surface area (Å²) in [6.45, 7) is 4.37. The maximum atomic E-state index is 13.2. The normalized spacial score (nSPS) is 12.0. The second-order valence-corrected chi connectivity index (χ2v) is 7.15. The van der Waals surface area contributed by atoms with Crippen molar-refractivity contribution in [3.05, 3.63) is 71.5 Å². The zero-order valence-corrected chi connectivity index (χ0v) is 17.9. The molecule has 0 aliphatic rings. The van der Waals surface area contributed by atoms with E-state index in [0.29, 0.717) is 17.9 Å². The number of carbonyl (C=O) groups excluding carboxylic acids is 1. The van der Waals surface area contributed by atoms with Crippen molar-refractivity contribution < 1.29 is 22.8 Å². The number of rotatable bonds is 7. The summed E-state index contributed by atoms with van der Waals surface area (Å²) in [5, 5.41) is 10.0. The number of halogens is 3. The first-order valence-corrected chi connectivity index (χ1v) is 9.99. The van der Waals surface area contributed by atoms with E-state index in [1.807, 2.05) is 38.1 Å². The minimum absolute atomic E-state index is 0.388. The van der Waals surface area contributed by atoms with Crippen molar-refractivity contribution in [1.29, 1.82) is 0 Å². The van der Waals surface area contributed by atoms with E-state index in [0.717, 1.165) is 34.1 Å². The third-order valence-corrected chi connectivity index (χ3v) is 4.63. The molecule has 168 valence electrons. The van der Waals surface area contributed by atoms with Gasteiger partial charge < -0.3 is 10.2 Å².